The Morgan fingerprint density at radius 2 is 2.14 bits per heavy atom. The molecule has 1 heterocycles. The van der Waals surface area contributed by atoms with Gasteiger partial charge in [-0.3, -0.25) is 4.79 Å². The molecule has 108 valence electrons. The summed E-state index contributed by atoms with van der Waals surface area (Å²) in [5, 5.41) is 9.82. The minimum absolute atomic E-state index is 0.00307. The van der Waals surface area contributed by atoms with E-state index in [-0.39, 0.29) is 35.4 Å². The van der Waals surface area contributed by atoms with Crippen molar-refractivity contribution < 1.29 is 19.0 Å². The SMILES string of the molecule is O=C1COc2ccc(O)cc2N1Cc1c(F)cccc1Cl. The predicted octanol–water partition coefficient (Wildman–Crippen LogP) is 3.11. The Balaban J connectivity index is 2.03. The fourth-order valence-corrected chi connectivity index (χ4v) is 2.43. The average molecular weight is 308 g/mol. The Bertz CT molecular complexity index is 700. The highest BCUT2D eigenvalue weighted by Crippen LogP contribution is 2.36. The maximum Gasteiger partial charge on any atom is 0.265 e. The molecule has 2 aromatic carbocycles. The number of hydrogen-bond acceptors (Lipinski definition) is 3. The number of nitrogens with zero attached hydrogens (tertiary/aromatic N) is 1. The Hall–Kier alpha value is -2.27. The zero-order valence-electron chi connectivity index (χ0n) is 10.8. The van der Waals surface area contributed by atoms with Crippen LogP contribution in [0.25, 0.3) is 0 Å². The number of aromatic hydroxyl groups is 1. The number of hydrogen-bond donors (Lipinski definition) is 1. The highest BCUT2D eigenvalue weighted by Gasteiger charge is 2.27. The number of fused-ring (bicyclic) bond motifs is 1. The van der Waals surface area contributed by atoms with Gasteiger partial charge in [0, 0.05) is 16.7 Å². The van der Waals surface area contributed by atoms with Crippen LogP contribution in [-0.4, -0.2) is 17.6 Å². The van der Waals surface area contributed by atoms with Gasteiger partial charge in [0.2, 0.25) is 0 Å². The van der Waals surface area contributed by atoms with Crippen LogP contribution in [0.15, 0.2) is 36.4 Å². The van der Waals surface area contributed by atoms with Crippen molar-refractivity contribution in [3.05, 3.63) is 52.8 Å². The third kappa shape index (κ3) is 2.52. The summed E-state index contributed by atoms with van der Waals surface area (Å²) >= 11 is 6.00. The van der Waals surface area contributed by atoms with Crippen molar-refractivity contribution in [2.45, 2.75) is 6.54 Å². The predicted molar refractivity (Wildman–Crippen MR) is 76.2 cm³/mol. The first-order chi connectivity index (χ1) is 10.1. The summed E-state index contributed by atoms with van der Waals surface area (Å²) in [5.74, 6) is -0.354. The summed E-state index contributed by atoms with van der Waals surface area (Å²) in [6.07, 6.45) is 0. The van der Waals surface area contributed by atoms with Crippen LogP contribution < -0.4 is 9.64 Å². The Kier molecular flexibility index (Phi) is 3.43. The van der Waals surface area contributed by atoms with Crippen molar-refractivity contribution in [3.8, 4) is 11.5 Å². The van der Waals surface area contributed by atoms with Gasteiger partial charge in [0.25, 0.3) is 5.91 Å². The van der Waals surface area contributed by atoms with Gasteiger partial charge in [0.15, 0.2) is 6.61 Å². The van der Waals surface area contributed by atoms with Gasteiger partial charge in [-0.15, -0.1) is 0 Å². The molecule has 0 spiro atoms. The Labute approximate surface area is 125 Å². The van der Waals surface area contributed by atoms with Gasteiger partial charge in [-0.1, -0.05) is 17.7 Å². The van der Waals surface area contributed by atoms with Crippen LogP contribution in [0.1, 0.15) is 5.56 Å². The lowest BCUT2D eigenvalue weighted by atomic mass is 10.1. The van der Waals surface area contributed by atoms with Gasteiger partial charge in [-0.2, -0.15) is 0 Å². The molecule has 0 aliphatic carbocycles. The van der Waals surface area contributed by atoms with Crippen LogP contribution in [0.2, 0.25) is 5.02 Å². The van der Waals surface area contributed by atoms with E-state index < -0.39 is 5.82 Å². The Morgan fingerprint density at radius 1 is 1.33 bits per heavy atom. The van der Waals surface area contributed by atoms with Crippen LogP contribution >= 0.6 is 11.6 Å². The zero-order chi connectivity index (χ0) is 15.0. The molecule has 1 amide bonds. The monoisotopic (exact) mass is 307 g/mol. The number of halogens is 2. The summed E-state index contributed by atoms with van der Waals surface area (Å²) in [5.41, 5.74) is 0.620. The second-order valence-electron chi connectivity index (χ2n) is 4.62. The first kappa shape index (κ1) is 13.7. The topological polar surface area (TPSA) is 49.8 Å². The molecule has 21 heavy (non-hydrogen) atoms. The smallest absolute Gasteiger partial charge is 0.265 e. The summed E-state index contributed by atoms with van der Waals surface area (Å²) in [7, 11) is 0. The molecule has 1 aliphatic heterocycles. The second kappa shape index (κ2) is 5.26. The van der Waals surface area contributed by atoms with E-state index in [1.807, 2.05) is 0 Å². The van der Waals surface area contributed by atoms with Crippen molar-refractivity contribution >= 4 is 23.2 Å². The first-order valence-electron chi connectivity index (χ1n) is 6.25. The van der Waals surface area contributed by atoms with Crippen molar-refractivity contribution in [1.82, 2.24) is 0 Å². The van der Waals surface area contributed by atoms with E-state index in [1.54, 1.807) is 12.1 Å². The summed E-state index contributed by atoms with van der Waals surface area (Å²) in [6.45, 7) is -0.159. The molecular formula is C15H11ClFNO3. The molecule has 0 aromatic heterocycles. The molecule has 0 saturated heterocycles. The average Bonchev–Trinajstić information content (AvgIpc) is 2.45. The zero-order valence-corrected chi connectivity index (χ0v) is 11.6. The molecule has 0 bridgehead atoms. The molecule has 4 nitrogen and oxygen atoms in total. The minimum Gasteiger partial charge on any atom is -0.508 e. The van der Waals surface area contributed by atoms with Crippen molar-refractivity contribution in [2.24, 2.45) is 0 Å². The number of rotatable bonds is 2. The third-order valence-corrected chi connectivity index (χ3v) is 3.62. The molecule has 0 atom stereocenters. The van der Waals surface area contributed by atoms with Crippen molar-refractivity contribution in [2.75, 3.05) is 11.5 Å². The van der Waals surface area contributed by atoms with Gasteiger partial charge in [0.05, 0.1) is 12.2 Å². The number of ether oxygens (including phenoxy) is 1. The largest absolute Gasteiger partial charge is 0.508 e. The minimum atomic E-state index is -0.483. The van der Waals surface area contributed by atoms with Gasteiger partial charge >= 0.3 is 0 Å². The van der Waals surface area contributed by atoms with Gasteiger partial charge in [-0.25, -0.2) is 4.39 Å². The highest BCUT2D eigenvalue weighted by atomic mass is 35.5. The summed E-state index contributed by atoms with van der Waals surface area (Å²) < 4.78 is 19.2. The third-order valence-electron chi connectivity index (χ3n) is 3.26. The molecule has 0 radical (unpaired) electrons. The standard InChI is InChI=1S/C15H11ClFNO3/c16-11-2-1-3-12(17)10(11)7-18-13-6-9(19)4-5-14(13)21-8-15(18)20/h1-6,19H,7-8H2. The maximum atomic E-state index is 13.9. The maximum absolute atomic E-state index is 13.9. The van der Waals surface area contributed by atoms with E-state index in [4.69, 9.17) is 16.3 Å². The van der Waals surface area contributed by atoms with E-state index in [0.717, 1.165) is 0 Å². The molecule has 2 aromatic rings. The van der Waals surface area contributed by atoms with Crippen molar-refractivity contribution in [1.29, 1.82) is 0 Å². The van der Waals surface area contributed by atoms with Gasteiger partial charge < -0.3 is 14.7 Å². The molecule has 0 fully saturated rings. The number of carbonyl (C=O) groups is 1. The van der Waals surface area contributed by atoms with E-state index in [1.165, 1.54) is 29.2 Å². The molecule has 1 aliphatic rings. The quantitative estimate of drug-likeness (QED) is 0.927. The number of benzene rings is 2. The number of amides is 1. The van der Waals surface area contributed by atoms with Crippen LogP contribution in [0.4, 0.5) is 10.1 Å². The number of phenols is 1. The molecule has 0 saturated carbocycles. The summed E-state index contributed by atoms with van der Waals surface area (Å²) in [4.78, 5) is 13.4. The van der Waals surface area contributed by atoms with E-state index in [0.29, 0.717) is 11.4 Å². The number of carbonyl (C=O) groups excluding carboxylic acids is 1. The normalized spacial score (nSPS) is 13.8. The number of anilines is 1. The highest BCUT2D eigenvalue weighted by molar-refractivity contribution is 6.31. The van der Waals surface area contributed by atoms with Gasteiger partial charge in [-0.05, 0) is 24.3 Å². The molecule has 1 N–H and O–H groups in total. The fourth-order valence-electron chi connectivity index (χ4n) is 2.21. The molecule has 0 unspecified atom stereocenters. The number of phenolic OH excluding ortho intramolecular Hbond substituents is 1. The summed E-state index contributed by atoms with van der Waals surface area (Å²) in [6, 6.07) is 8.78. The van der Waals surface area contributed by atoms with Crippen molar-refractivity contribution in [3.63, 3.8) is 0 Å². The molecular weight excluding hydrogens is 297 g/mol. The first-order valence-corrected chi connectivity index (χ1v) is 6.63. The lowest BCUT2D eigenvalue weighted by Gasteiger charge is -2.29. The van der Waals surface area contributed by atoms with Crippen LogP contribution in [0.5, 0.6) is 11.5 Å². The lowest BCUT2D eigenvalue weighted by Crippen LogP contribution is -2.38. The van der Waals surface area contributed by atoms with E-state index in [2.05, 4.69) is 0 Å². The van der Waals surface area contributed by atoms with Crippen LogP contribution in [0.3, 0.4) is 0 Å². The van der Waals surface area contributed by atoms with E-state index in [9.17, 15) is 14.3 Å². The lowest BCUT2D eigenvalue weighted by molar-refractivity contribution is -0.121. The fraction of sp³-hybridized carbons (Fsp3) is 0.133. The van der Waals surface area contributed by atoms with Crippen LogP contribution in [-0.2, 0) is 11.3 Å². The second-order valence-corrected chi connectivity index (χ2v) is 5.03. The van der Waals surface area contributed by atoms with Gasteiger partial charge in [0.1, 0.15) is 17.3 Å². The van der Waals surface area contributed by atoms with E-state index >= 15 is 0 Å². The molecule has 3 rings (SSSR count). The molecule has 6 heteroatoms. The van der Waals surface area contributed by atoms with Crippen LogP contribution in [0, 0.1) is 5.82 Å². The Morgan fingerprint density at radius 3 is 2.90 bits per heavy atom.